The van der Waals surface area contributed by atoms with Gasteiger partial charge >= 0.3 is 5.97 Å². The van der Waals surface area contributed by atoms with E-state index in [4.69, 9.17) is 5.11 Å². The van der Waals surface area contributed by atoms with Gasteiger partial charge in [-0.25, -0.2) is 0 Å². The first kappa shape index (κ1) is 11.9. The van der Waals surface area contributed by atoms with E-state index in [0.29, 0.717) is 12.0 Å². The molecule has 0 radical (unpaired) electrons. The van der Waals surface area contributed by atoms with Crippen LogP contribution in [0, 0.1) is 5.92 Å². The maximum atomic E-state index is 10.8. The van der Waals surface area contributed by atoms with Crippen molar-refractivity contribution in [3.63, 3.8) is 0 Å². The molecule has 4 nitrogen and oxygen atoms in total. The Morgan fingerprint density at radius 1 is 1.44 bits per heavy atom. The maximum absolute atomic E-state index is 10.8. The molecular weight excluding hydrogens is 204 g/mol. The zero-order valence-corrected chi connectivity index (χ0v) is 10.1. The number of carbonyl (C=O) groups is 1. The van der Waals surface area contributed by atoms with E-state index in [1.165, 1.54) is 32.2 Å². The van der Waals surface area contributed by atoms with Crippen LogP contribution in [0.3, 0.4) is 0 Å². The molecular formula is C12H22N2O2. The lowest BCUT2D eigenvalue weighted by Gasteiger charge is -2.33. The highest BCUT2D eigenvalue weighted by atomic mass is 16.4. The van der Waals surface area contributed by atoms with Gasteiger partial charge in [-0.15, -0.1) is 0 Å². The van der Waals surface area contributed by atoms with Crippen molar-refractivity contribution in [2.75, 3.05) is 33.2 Å². The topological polar surface area (TPSA) is 43.8 Å². The first-order valence-corrected chi connectivity index (χ1v) is 6.29. The molecule has 0 aromatic rings. The first-order valence-electron chi connectivity index (χ1n) is 6.29. The second-order valence-electron chi connectivity index (χ2n) is 5.32. The third-order valence-corrected chi connectivity index (χ3v) is 3.62. The zero-order valence-electron chi connectivity index (χ0n) is 10.1. The van der Waals surface area contributed by atoms with Crippen LogP contribution < -0.4 is 0 Å². The summed E-state index contributed by atoms with van der Waals surface area (Å²) in [6, 6.07) is 0.559. The number of piperidine rings is 1. The SMILES string of the molecule is CN1CCC[C@@H](CN(CC(=O)O)C2CC2)C1. The Morgan fingerprint density at radius 2 is 2.19 bits per heavy atom. The summed E-state index contributed by atoms with van der Waals surface area (Å²) in [5.74, 6) is -0.0187. The van der Waals surface area contributed by atoms with Gasteiger partial charge in [0.15, 0.2) is 0 Å². The highest BCUT2D eigenvalue weighted by Gasteiger charge is 2.32. The van der Waals surface area contributed by atoms with Crippen molar-refractivity contribution in [1.82, 2.24) is 9.80 Å². The van der Waals surface area contributed by atoms with Gasteiger partial charge in [-0.1, -0.05) is 0 Å². The molecule has 0 amide bonds. The van der Waals surface area contributed by atoms with E-state index < -0.39 is 5.97 Å². The van der Waals surface area contributed by atoms with Gasteiger partial charge in [0.2, 0.25) is 0 Å². The molecule has 0 spiro atoms. The lowest BCUT2D eigenvalue weighted by atomic mass is 9.98. The van der Waals surface area contributed by atoms with Crippen molar-refractivity contribution in [2.24, 2.45) is 5.92 Å². The van der Waals surface area contributed by atoms with Crippen molar-refractivity contribution in [3.8, 4) is 0 Å². The van der Waals surface area contributed by atoms with Gasteiger partial charge in [-0.2, -0.15) is 0 Å². The number of hydrogen-bond donors (Lipinski definition) is 1. The van der Waals surface area contributed by atoms with Crippen LogP contribution in [0.4, 0.5) is 0 Å². The summed E-state index contributed by atoms with van der Waals surface area (Å²) < 4.78 is 0. The van der Waals surface area contributed by atoms with E-state index in [1.54, 1.807) is 0 Å². The monoisotopic (exact) mass is 226 g/mol. The van der Waals surface area contributed by atoms with Crippen molar-refractivity contribution < 1.29 is 9.90 Å². The Bertz CT molecular complexity index is 253. The fourth-order valence-electron chi connectivity index (χ4n) is 2.71. The Labute approximate surface area is 97.2 Å². The van der Waals surface area contributed by atoms with Gasteiger partial charge in [-0.05, 0) is 45.2 Å². The lowest BCUT2D eigenvalue weighted by Crippen LogP contribution is -2.41. The Balaban J connectivity index is 1.82. The fraction of sp³-hybridized carbons (Fsp3) is 0.917. The molecule has 1 saturated heterocycles. The third kappa shape index (κ3) is 3.46. The summed E-state index contributed by atoms with van der Waals surface area (Å²) >= 11 is 0. The smallest absolute Gasteiger partial charge is 0.317 e. The number of carboxylic acids is 1. The summed E-state index contributed by atoms with van der Waals surface area (Å²) in [5.41, 5.74) is 0. The summed E-state index contributed by atoms with van der Waals surface area (Å²) in [7, 11) is 2.16. The summed E-state index contributed by atoms with van der Waals surface area (Å²) in [6.45, 7) is 3.52. The molecule has 1 atom stereocenters. The Hall–Kier alpha value is -0.610. The third-order valence-electron chi connectivity index (χ3n) is 3.62. The predicted molar refractivity (Wildman–Crippen MR) is 62.5 cm³/mol. The number of hydrogen-bond acceptors (Lipinski definition) is 3. The van der Waals surface area contributed by atoms with E-state index in [0.717, 1.165) is 13.1 Å². The van der Waals surface area contributed by atoms with Gasteiger partial charge in [-0.3, -0.25) is 9.69 Å². The second-order valence-corrected chi connectivity index (χ2v) is 5.32. The number of carboxylic acid groups (broad SMARTS) is 1. The molecule has 92 valence electrons. The van der Waals surface area contributed by atoms with Crippen LogP contribution in [0.1, 0.15) is 25.7 Å². The van der Waals surface area contributed by atoms with Crippen LogP contribution in [0.5, 0.6) is 0 Å². The molecule has 0 aromatic heterocycles. The van der Waals surface area contributed by atoms with Crippen LogP contribution in [0.15, 0.2) is 0 Å². The predicted octanol–water partition coefficient (Wildman–Crippen LogP) is 0.877. The number of rotatable bonds is 5. The summed E-state index contributed by atoms with van der Waals surface area (Å²) in [6.07, 6.45) is 4.89. The molecule has 0 bridgehead atoms. The normalized spacial score (nSPS) is 27.2. The van der Waals surface area contributed by atoms with Crippen molar-refractivity contribution in [3.05, 3.63) is 0 Å². The highest BCUT2D eigenvalue weighted by Crippen LogP contribution is 2.28. The van der Waals surface area contributed by atoms with Crippen molar-refractivity contribution in [1.29, 1.82) is 0 Å². The summed E-state index contributed by atoms with van der Waals surface area (Å²) in [5, 5.41) is 8.89. The minimum atomic E-state index is -0.684. The van der Waals surface area contributed by atoms with E-state index in [2.05, 4.69) is 16.8 Å². The van der Waals surface area contributed by atoms with Gasteiger partial charge < -0.3 is 10.0 Å². The van der Waals surface area contributed by atoms with Gasteiger partial charge in [0.25, 0.3) is 0 Å². The maximum Gasteiger partial charge on any atom is 0.317 e. The number of likely N-dealkylation sites (tertiary alicyclic amines) is 1. The minimum absolute atomic E-state index is 0.227. The molecule has 1 heterocycles. The molecule has 1 aliphatic heterocycles. The van der Waals surface area contributed by atoms with Gasteiger partial charge in [0.1, 0.15) is 0 Å². The van der Waals surface area contributed by atoms with Crippen LogP contribution in [-0.2, 0) is 4.79 Å². The molecule has 4 heteroatoms. The van der Waals surface area contributed by atoms with Crippen molar-refractivity contribution in [2.45, 2.75) is 31.7 Å². The standard InChI is InChI=1S/C12H22N2O2/c1-13-6-2-3-10(7-13)8-14(9-12(15)16)11-4-5-11/h10-11H,2-9H2,1H3,(H,15,16)/t10-/m1/s1. The van der Waals surface area contributed by atoms with Crippen LogP contribution in [-0.4, -0.2) is 60.1 Å². The van der Waals surface area contributed by atoms with Gasteiger partial charge in [0.05, 0.1) is 6.54 Å². The van der Waals surface area contributed by atoms with Crippen LogP contribution in [0.2, 0.25) is 0 Å². The molecule has 2 aliphatic rings. The van der Waals surface area contributed by atoms with Crippen molar-refractivity contribution >= 4 is 5.97 Å². The number of nitrogens with zero attached hydrogens (tertiary/aromatic N) is 2. The quantitative estimate of drug-likeness (QED) is 0.755. The average molecular weight is 226 g/mol. The first-order chi connectivity index (χ1) is 7.65. The van der Waals surface area contributed by atoms with E-state index >= 15 is 0 Å². The molecule has 2 fully saturated rings. The second kappa shape index (κ2) is 5.15. The average Bonchev–Trinajstić information content (AvgIpc) is 2.99. The number of aliphatic carboxylic acids is 1. The minimum Gasteiger partial charge on any atom is -0.480 e. The van der Waals surface area contributed by atoms with Crippen LogP contribution in [0.25, 0.3) is 0 Å². The Kier molecular flexibility index (Phi) is 3.82. The summed E-state index contributed by atoms with van der Waals surface area (Å²) in [4.78, 5) is 15.3. The van der Waals surface area contributed by atoms with E-state index in [9.17, 15) is 4.79 Å². The molecule has 1 aliphatic carbocycles. The molecule has 1 saturated carbocycles. The van der Waals surface area contributed by atoms with Gasteiger partial charge in [0, 0.05) is 19.1 Å². The molecule has 0 aromatic carbocycles. The lowest BCUT2D eigenvalue weighted by molar-refractivity contribution is -0.138. The largest absolute Gasteiger partial charge is 0.480 e. The van der Waals surface area contributed by atoms with Crippen LogP contribution >= 0.6 is 0 Å². The fourth-order valence-corrected chi connectivity index (χ4v) is 2.71. The zero-order chi connectivity index (χ0) is 11.5. The van der Waals surface area contributed by atoms with E-state index in [1.807, 2.05) is 0 Å². The highest BCUT2D eigenvalue weighted by molar-refractivity contribution is 5.69. The molecule has 1 N–H and O–H groups in total. The van der Waals surface area contributed by atoms with E-state index in [-0.39, 0.29) is 6.54 Å². The molecule has 16 heavy (non-hydrogen) atoms. The Morgan fingerprint density at radius 3 is 2.75 bits per heavy atom. The molecule has 0 unspecified atom stereocenters. The molecule has 2 rings (SSSR count).